The summed E-state index contributed by atoms with van der Waals surface area (Å²) < 4.78 is 5.09. The minimum absolute atomic E-state index is 0.549. The number of thiocarbonyl (C=S) groups is 1. The van der Waals surface area contributed by atoms with Crippen molar-refractivity contribution in [3.8, 4) is 5.75 Å². The van der Waals surface area contributed by atoms with Crippen LogP contribution < -0.4 is 20.9 Å². The second-order valence-electron chi connectivity index (χ2n) is 3.43. The monoisotopic (exact) mass is 251 g/mol. The molecule has 0 aliphatic rings. The van der Waals surface area contributed by atoms with E-state index in [-0.39, 0.29) is 0 Å². The Balaban J connectivity index is 2.57. The second kappa shape index (κ2) is 6.75. The number of rotatable bonds is 4. The summed E-state index contributed by atoms with van der Waals surface area (Å²) in [5.74, 6) is 0.849. The van der Waals surface area contributed by atoms with Crippen LogP contribution in [-0.2, 0) is 0 Å². The fourth-order valence-corrected chi connectivity index (χ4v) is 1.26. The Morgan fingerprint density at radius 3 is 2.41 bits per heavy atom. The lowest BCUT2D eigenvalue weighted by Crippen LogP contribution is -2.41. The van der Waals surface area contributed by atoms with E-state index in [1.54, 1.807) is 14.2 Å². The first-order chi connectivity index (χ1) is 8.15. The summed E-state index contributed by atoms with van der Waals surface area (Å²) >= 11 is 4.94. The average molecular weight is 251 g/mol. The van der Waals surface area contributed by atoms with Gasteiger partial charge in [0.15, 0.2) is 5.11 Å². The molecule has 1 rings (SSSR count). The molecule has 1 aromatic carbocycles. The lowest BCUT2D eigenvalue weighted by Gasteiger charge is -2.10. The van der Waals surface area contributed by atoms with Crippen LogP contribution in [0, 0.1) is 0 Å². The molecule has 0 saturated heterocycles. The average Bonchev–Trinajstić information content (AvgIpc) is 2.36. The van der Waals surface area contributed by atoms with E-state index < -0.39 is 0 Å². The van der Waals surface area contributed by atoms with Crippen LogP contribution in [-0.4, -0.2) is 19.3 Å². The molecule has 0 aliphatic heterocycles. The fraction of sp³-hybridized carbons (Fsp3) is 0.250. The molecule has 0 aromatic heterocycles. The zero-order chi connectivity index (χ0) is 12.7. The maximum atomic E-state index is 5.09. The molecule has 0 fully saturated rings. The summed E-state index contributed by atoms with van der Waals surface area (Å²) in [7, 11) is 3.42. The van der Waals surface area contributed by atoms with Gasteiger partial charge in [0.2, 0.25) is 0 Å². The molecular formula is C12H17N3OS. The standard InChI is InChI=1S/C12H17N3OS/c1-9(14-15-12(17)13-2)8-10-4-6-11(16-3)7-5-10/h4-8,14H,1-3H3,(H2,13,15,17)/b9-8-. The Hall–Kier alpha value is -1.75. The van der Waals surface area contributed by atoms with Gasteiger partial charge >= 0.3 is 0 Å². The maximum Gasteiger partial charge on any atom is 0.184 e. The zero-order valence-electron chi connectivity index (χ0n) is 10.2. The molecule has 0 aliphatic carbocycles. The molecule has 0 saturated carbocycles. The number of hydrogen-bond acceptors (Lipinski definition) is 3. The highest BCUT2D eigenvalue weighted by molar-refractivity contribution is 7.80. The SMILES string of the molecule is CNC(=S)NN/C(C)=C\c1ccc(OC)cc1. The highest BCUT2D eigenvalue weighted by Gasteiger charge is 1.93. The predicted octanol–water partition coefficient (Wildman–Crippen LogP) is 1.65. The molecular weight excluding hydrogens is 234 g/mol. The van der Waals surface area contributed by atoms with Crippen molar-refractivity contribution >= 4 is 23.4 Å². The van der Waals surface area contributed by atoms with Gasteiger partial charge in [-0.05, 0) is 42.9 Å². The summed E-state index contributed by atoms with van der Waals surface area (Å²) in [5.41, 5.74) is 7.90. The molecule has 0 radical (unpaired) electrons. The van der Waals surface area contributed by atoms with Crippen molar-refractivity contribution < 1.29 is 4.74 Å². The highest BCUT2D eigenvalue weighted by Crippen LogP contribution is 2.12. The van der Waals surface area contributed by atoms with E-state index in [0.29, 0.717) is 5.11 Å². The van der Waals surface area contributed by atoms with Gasteiger partial charge in [0.25, 0.3) is 0 Å². The third kappa shape index (κ3) is 4.74. The van der Waals surface area contributed by atoms with Crippen molar-refractivity contribution in [3.05, 3.63) is 35.5 Å². The topological polar surface area (TPSA) is 45.3 Å². The third-order valence-corrected chi connectivity index (χ3v) is 2.41. The number of benzene rings is 1. The van der Waals surface area contributed by atoms with Gasteiger partial charge in [-0.25, -0.2) is 0 Å². The Kier molecular flexibility index (Phi) is 5.29. The molecule has 0 heterocycles. The first kappa shape index (κ1) is 13.3. The maximum absolute atomic E-state index is 5.09. The number of allylic oxidation sites excluding steroid dienone is 1. The van der Waals surface area contributed by atoms with Crippen LogP contribution in [0.4, 0.5) is 0 Å². The summed E-state index contributed by atoms with van der Waals surface area (Å²) in [6.45, 7) is 1.95. The molecule has 3 N–H and O–H groups in total. The largest absolute Gasteiger partial charge is 0.497 e. The van der Waals surface area contributed by atoms with Gasteiger partial charge in [-0.3, -0.25) is 5.43 Å². The molecule has 5 heteroatoms. The molecule has 0 unspecified atom stereocenters. The van der Waals surface area contributed by atoms with E-state index in [4.69, 9.17) is 17.0 Å². The summed E-state index contributed by atoms with van der Waals surface area (Å²) in [5, 5.41) is 3.36. The number of ether oxygens (including phenoxy) is 1. The molecule has 4 nitrogen and oxygen atoms in total. The van der Waals surface area contributed by atoms with E-state index in [1.807, 2.05) is 37.3 Å². The first-order valence-corrected chi connectivity index (χ1v) is 5.62. The lowest BCUT2D eigenvalue weighted by atomic mass is 10.2. The normalized spacial score (nSPS) is 10.6. The lowest BCUT2D eigenvalue weighted by molar-refractivity contribution is 0.415. The third-order valence-electron chi connectivity index (χ3n) is 2.10. The van der Waals surface area contributed by atoms with Gasteiger partial charge in [-0.15, -0.1) is 0 Å². The van der Waals surface area contributed by atoms with Crippen LogP contribution in [0.1, 0.15) is 12.5 Å². The predicted molar refractivity (Wildman–Crippen MR) is 74.6 cm³/mol. The molecule has 0 amide bonds. The van der Waals surface area contributed by atoms with Crippen molar-refractivity contribution in [3.63, 3.8) is 0 Å². The summed E-state index contributed by atoms with van der Waals surface area (Å²) in [6.07, 6.45) is 2.00. The Labute approximate surface area is 107 Å². The van der Waals surface area contributed by atoms with Crippen LogP contribution in [0.2, 0.25) is 0 Å². The van der Waals surface area contributed by atoms with Crippen molar-refractivity contribution in [2.24, 2.45) is 0 Å². The molecule has 0 spiro atoms. The van der Waals surface area contributed by atoms with E-state index in [1.165, 1.54) is 0 Å². The van der Waals surface area contributed by atoms with Gasteiger partial charge < -0.3 is 15.5 Å². The van der Waals surface area contributed by atoms with Crippen molar-refractivity contribution in [1.29, 1.82) is 0 Å². The van der Waals surface area contributed by atoms with Gasteiger partial charge in [-0.2, -0.15) is 0 Å². The van der Waals surface area contributed by atoms with Crippen LogP contribution >= 0.6 is 12.2 Å². The zero-order valence-corrected chi connectivity index (χ0v) is 11.0. The van der Waals surface area contributed by atoms with Crippen LogP contribution in [0.25, 0.3) is 6.08 Å². The number of methoxy groups -OCH3 is 1. The number of hydrogen-bond donors (Lipinski definition) is 3. The Morgan fingerprint density at radius 1 is 1.24 bits per heavy atom. The van der Waals surface area contributed by atoms with E-state index in [0.717, 1.165) is 17.0 Å². The molecule has 17 heavy (non-hydrogen) atoms. The van der Waals surface area contributed by atoms with E-state index in [9.17, 15) is 0 Å². The van der Waals surface area contributed by atoms with E-state index in [2.05, 4.69) is 16.2 Å². The van der Waals surface area contributed by atoms with Crippen LogP contribution in [0.5, 0.6) is 5.75 Å². The molecule has 92 valence electrons. The van der Waals surface area contributed by atoms with Crippen molar-refractivity contribution in [2.75, 3.05) is 14.2 Å². The second-order valence-corrected chi connectivity index (χ2v) is 3.84. The Morgan fingerprint density at radius 2 is 1.88 bits per heavy atom. The van der Waals surface area contributed by atoms with Crippen molar-refractivity contribution in [1.82, 2.24) is 16.2 Å². The quantitative estimate of drug-likeness (QED) is 0.561. The first-order valence-electron chi connectivity index (χ1n) is 5.22. The minimum Gasteiger partial charge on any atom is -0.497 e. The Bertz CT molecular complexity index is 401. The molecule has 0 bridgehead atoms. The number of nitrogens with one attached hydrogen (secondary N) is 3. The fourth-order valence-electron chi connectivity index (χ4n) is 1.20. The molecule has 0 atom stereocenters. The van der Waals surface area contributed by atoms with E-state index >= 15 is 0 Å². The van der Waals surface area contributed by atoms with Gasteiger partial charge in [0, 0.05) is 12.7 Å². The summed E-state index contributed by atoms with van der Waals surface area (Å²) in [4.78, 5) is 0. The minimum atomic E-state index is 0.549. The van der Waals surface area contributed by atoms with Crippen molar-refractivity contribution in [2.45, 2.75) is 6.92 Å². The highest BCUT2D eigenvalue weighted by atomic mass is 32.1. The van der Waals surface area contributed by atoms with Crippen LogP contribution in [0.15, 0.2) is 30.0 Å². The smallest absolute Gasteiger partial charge is 0.184 e. The summed E-state index contributed by atoms with van der Waals surface area (Å²) in [6, 6.07) is 7.82. The van der Waals surface area contributed by atoms with Gasteiger partial charge in [0.05, 0.1) is 7.11 Å². The van der Waals surface area contributed by atoms with Gasteiger partial charge in [0.1, 0.15) is 5.75 Å². The van der Waals surface area contributed by atoms with Gasteiger partial charge in [-0.1, -0.05) is 12.1 Å². The van der Waals surface area contributed by atoms with Crippen LogP contribution in [0.3, 0.4) is 0 Å². The number of hydrazine groups is 1. The molecule has 1 aromatic rings.